The summed E-state index contributed by atoms with van der Waals surface area (Å²) in [7, 11) is 0. The van der Waals surface area contributed by atoms with Gasteiger partial charge >= 0.3 is 0 Å². The topological polar surface area (TPSA) is 84.2 Å². The van der Waals surface area contributed by atoms with E-state index in [0.717, 1.165) is 4.90 Å². The van der Waals surface area contributed by atoms with Gasteiger partial charge in [-0.25, -0.2) is 0 Å². The molecule has 0 spiro atoms. The predicted molar refractivity (Wildman–Crippen MR) is 40.2 cm³/mol. The number of amides is 1. The van der Waals surface area contributed by atoms with Crippen LogP contribution in [-0.2, 0) is 4.79 Å². The molecule has 0 aromatic carbocycles. The van der Waals surface area contributed by atoms with Gasteiger partial charge < -0.3 is 14.8 Å². The Morgan fingerprint density at radius 1 is 1.69 bits per heavy atom. The van der Waals surface area contributed by atoms with Crippen LogP contribution in [0.4, 0.5) is 4.79 Å². The number of carboxylic acid groups (broad SMARTS) is 1. The van der Waals surface area contributed by atoms with Crippen LogP contribution >= 0.6 is 0 Å². The molecule has 0 bridgehead atoms. The molecule has 5 nitrogen and oxygen atoms in total. The average Bonchev–Trinajstić information content (AvgIpc) is 2.09. The van der Waals surface area contributed by atoms with E-state index in [2.05, 4.69) is 0 Å². The number of Topliss-reactive ketones (excluding diaryl/α,β-unsaturated/α-hetero) is 1. The van der Waals surface area contributed by atoms with E-state index in [4.69, 9.17) is 5.26 Å². The van der Waals surface area contributed by atoms with E-state index >= 15 is 0 Å². The maximum Gasteiger partial charge on any atom is 0.156 e. The summed E-state index contributed by atoms with van der Waals surface area (Å²) in [5.74, 6) is -1.42. The van der Waals surface area contributed by atoms with E-state index in [0.29, 0.717) is 0 Å². The van der Waals surface area contributed by atoms with Crippen LogP contribution in [0.5, 0.6) is 0 Å². The minimum atomic E-state index is -1.32. The molecule has 13 heavy (non-hydrogen) atoms. The normalized spacial score (nSPS) is 28.3. The van der Waals surface area contributed by atoms with E-state index in [1.54, 1.807) is 13.0 Å². The summed E-state index contributed by atoms with van der Waals surface area (Å²) in [4.78, 5) is 22.7. The van der Waals surface area contributed by atoms with Crippen LogP contribution in [-0.4, -0.2) is 29.9 Å². The Balaban J connectivity index is 2.76. The zero-order chi connectivity index (χ0) is 10.0. The SMILES string of the molecule is CC1CN(C(=O)[O-])CC(C#N)C1=O. The van der Waals surface area contributed by atoms with Crippen molar-refractivity contribution < 1.29 is 14.7 Å². The molecule has 1 rings (SSSR count). The Morgan fingerprint density at radius 2 is 2.31 bits per heavy atom. The van der Waals surface area contributed by atoms with Crippen molar-refractivity contribution in [1.29, 1.82) is 5.26 Å². The van der Waals surface area contributed by atoms with Gasteiger partial charge in [0.2, 0.25) is 0 Å². The number of ketones is 1. The van der Waals surface area contributed by atoms with Gasteiger partial charge in [0.05, 0.1) is 6.07 Å². The number of nitrogens with zero attached hydrogens (tertiary/aromatic N) is 2. The second-order valence-corrected chi connectivity index (χ2v) is 3.16. The second kappa shape index (κ2) is 3.44. The molecule has 2 unspecified atom stereocenters. The van der Waals surface area contributed by atoms with Gasteiger partial charge in [-0.2, -0.15) is 5.26 Å². The molecule has 1 amide bonds. The molecule has 1 heterocycles. The Kier molecular flexibility index (Phi) is 2.52. The first kappa shape index (κ1) is 9.52. The van der Waals surface area contributed by atoms with Crippen LogP contribution in [0.2, 0.25) is 0 Å². The van der Waals surface area contributed by atoms with Crippen molar-refractivity contribution in [2.45, 2.75) is 6.92 Å². The van der Waals surface area contributed by atoms with Crippen LogP contribution < -0.4 is 5.11 Å². The van der Waals surface area contributed by atoms with Gasteiger partial charge in [0.25, 0.3) is 0 Å². The zero-order valence-electron chi connectivity index (χ0n) is 7.19. The Bertz CT molecular complexity index is 282. The number of hydrogen-bond acceptors (Lipinski definition) is 4. The first-order valence-electron chi connectivity index (χ1n) is 3.95. The summed E-state index contributed by atoms with van der Waals surface area (Å²) < 4.78 is 0. The lowest BCUT2D eigenvalue weighted by Gasteiger charge is -2.34. The van der Waals surface area contributed by atoms with Gasteiger partial charge in [0, 0.05) is 19.0 Å². The van der Waals surface area contributed by atoms with Crippen LogP contribution in [0.15, 0.2) is 0 Å². The van der Waals surface area contributed by atoms with Crippen LogP contribution in [0, 0.1) is 23.2 Å². The van der Waals surface area contributed by atoms with Crippen molar-refractivity contribution in [1.82, 2.24) is 4.90 Å². The van der Waals surface area contributed by atoms with Gasteiger partial charge in [0.1, 0.15) is 12.0 Å². The lowest BCUT2D eigenvalue weighted by Crippen LogP contribution is -2.52. The lowest BCUT2D eigenvalue weighted by molar-refractivity contribution is -0.266. The van der Waals surface area contributed by atoms with Gasteiger partial charge in [0.15, 0.2) is 5.78 Å². The molecule has 1 saturated heterocycles. The van der Waals surface area contributed by atoms with Crippen molar-refractivity contribution in [2.24, 2.45) is 11.8 Å². The highest BCUT2D eigenvalue weighted by atomic mass is 16.4. The van der Waals surface area contributed by atoms with Crippen molar-refractivity contribution in [3.05, 3.63) is 0 Å². The molecule has 1 aliphatic rings. The van der Waals surface area contributed by atoms with Gasteiger partial charge in [-0.05, 0) is 0 Å². The van der Waals surface area contributed by atoms with Crippen molar-refractivity contribution >= 4 is 11.9 Å². The molecular weight excluding hydrogens is 172 g/mol. The maximum atomic E-state index is 11.3. The Labute approximate surface area is 75.6 Å². The molecule has 70 valence electrons. The van der Waals surface area contributed by atoms with Crippen molar-refractivity contribution in [2.75, 3.05) is 13.1 Å². The summed E-state index contributed by atoms with van der Waals surface area (Å²) in [5.41, 5.74) is 0. The van der Waals surface area contributed by atoms with Crippen molar-refractivity contribution in [3.63, 3.8) is 0 Å². The number of carbonyl (C=O) groups excluding carboxylic acids is 2. The molecule has 0 N–H and O–H groups in total. The minimum absolute atomic E-state index is 0.0536. The lowest BCUT2D eigenvalue weighted by atomic mass is 9.90. The molecule has 0 aromatic heterocycles. The maximum absolute atomic E-state index is 11.3. The Hall–Kier alpha value is -1.57. The van der Waals surface area contributed by atoms with E-state index in [1.165, 1.54) is 0 Å². The van der Waals surface area contributed by atoms with Gasteiger partial charge in [-0.15, -0.1) is 0 Å². The number of hydrogen-bond donors (Lipinski definition) is 0. The molecule has 0 aromatic rings. The summed E-state index contributed by atoms with van der Waals surface area (Å²) >= 11 is 0. The third kappa shape index (κ3) is 1.78. The highest BCUT2D eigenvalue weighted by Gasteiger charge is 2.32. The van der Waals surface area contributed by atoms with E-state index in [1.807, 2.05) is 0 Å². The van der Waals surface area contributed by atoms with Crippen molar-refractivity contribution in [3.8, 4) is 6.07 Å². The summed E-state index contributed by atoms with van der Waals surface area (Å²) in [6.07, 6.45) is -1.32. The van der Waals surface area contributed by atoms with E-state index < -0.39 is 17.9 Å². The largest absolute Gasteiger partial charge is 0.530 e. The van der Waals surface area contributed by atoms with Gasteiger partial charge in [-0.3, -0.25) is 4.79 Å². The van der Waals surface area contributed by atoms with E-state index in [-0.39, 0.29) is 18.9 Å². The highest BCUT2D eigenvalue weighted by Crippen LogP contribution is 2.16. The summed E-state index contributed by atoms with van der Waals surface area (Å²) in [5, 5.41) is 19.0. The van der Waals surface area contributed by atoms with Crippen LogP contribution in [0.25, 0.3) is 0 Å². The molecule has 2 atom stereocenters. The fourth-order valence-electron chi connectivity index (χ4n) is 1.40. The molecular formula is C8H9N2O3-. The molecule has 0 radical (unpaired) electrons. The number of piperidine rings is 1. The third-order valence-electron chi connectivity index (χ3n) is 2.14. The number of carbonyl (C=O) groups is 2. The van der Waals surface area contributed by atoms with Gasteiger partial charge in [-0.1, -0.05) is 6.92 Å². The monoisotopic (exact) mass is 181 g/mol. The highest BCUT2D eigenvalue weighted by molar-refractivity contribution is 5.87. The molecule has 0 aliphatic carbocycles. The van der Waals surface area contributed by atoms with Crippen LogP contribution in [0.3, 0.4) is 0 Å². The quantitative estimate of drug-likeness (QED) is 0.479. The molecule has 1 fully saturated rings. The van der Waals surface area contributed by atoms with Crippen LogP contribution in [0.1, 0.15) is 6.92 Å². The standard InChI is InChI=1S/C8H10N2O3/c1-5-3-10(8(12)13)4-6(2-9)7(5)11/h5-6H,3-4H2,1H3,(H,12,13)/p-1. The molecule has 0 saturated carbocycles. The fourth-order valence-corrected chi connectivity index (χ4v) is 1.40. The molecule has 1 aliphatic heterocycles. The number of rotatable bonds is 0. The number of likely N-dealkylation sites (tertiary alicyclic amines) is 1. The fraction of sp³-hybridized carbons (Fsp3) is 0.625. The third-order valence-corrected chi connectivity index (χ3v) is 2.14. The average molecular weight is 181 g/mol. The van der Waals surface area contributed by atoms with E-state index in [9.17, 15) is 14.7 Å². The summed E-state index contributed by atoms with van der Waals surface area (Å²) in [6.45, 7) is 1.70. The zero-order valence-corrected chi connectivity index (χ0v) is 7.19. The second-order valence-electron chi connectivity index (χ2n) is 3.16. The molecule has 5 heteroatoms. The predicted octanol–water partition coefficient (Wildman–Crippen LogP) is -1.01. The minimum Gasteiger partial charge on any atom is -0.530 e. The first-order chi connectivity index (χ1) is 6.06. The Morgan fingerprint density at radius 3 is 2.77 bits per heavy atom. The number of nitriles is 1. The first-order valence-corrected chi connectivity index (χ1v) is 3.95. The smallest absolute Gasteiger partial charge is 0.156 e. The summed E-state index contributed by atoms with van der Waals surface area (Å²) in [6, 6.07) is 1.79.